The highest BCUT2D eigenvalue weighted by Gasteiger charge is 2.27. The fraction of sp³-hybridized carbons (Fsp3) is 0.115. The molecule has 0 saturated carbocycles. The molecule has 1 unspecified atom stereocenters. The minimum absolute atomic E-state index is 0.0971. The van der Waals surface area contributed by atoms with E-state index in [-0.39, 0.29) is 17.1 Å². The molecule has 1 aliphatic rings. The second-order valence-corrected chi connectivity index (χ2v) is 8.83. The van der Waals surface area contributed by atoms with Gasteiger partial charge in [-0.3, -0.25) is 14.6 Å². The van der Waals surface area contributed by atoms with Gasteiger partial charge in [-0.05, 0) is 31.2 Å². The van der Waals surface area contributed by atoms with Crippen molar-refractivity contribution in [1.29, 1.82) is 0 Å². The third-order valence-corrected chi connectivity index (χ3v) is 6.83. The number of hydrogen-bond donors (Lipinski definition) is 1. The zero-order chi connectivity index (χ0) is 22.1. The molecule has 1 N–H and O–H groups in total. The highest BCUT2D eigenvalue weighted by molar-refractivity contribution is 7.99. The Morgan fingerprint density at radius 3 is 2.59 bits per heavy atom. The summed E-state index contributed by atoms with van der Waals surface area (Å²) in [5.74, 6) is 0.473. The molecule has 0 bridgehead atoms. The van der Waals surface area contributed by atoms with Gasteiger partial charge < -0.3 is 9.88 Å². The van der Waals surface area contributed by atoms with Crippen molar-refractivity contribution >= 4 is 29.1 Å². The van der Waals surface area contributed by atoms with E-state index < -0.39 is 0 Å². The maximum absolute atomic E-state index is 13.0. The van der Waals surface area contributed by atoms with E-state index in [0.717, 1.165) is 28.3 Å². The van der Waals surface area contributed by atoms with Gasteiger partial charge >= 0.3 is 0 Å². The lowest BCUT2D eigenvalue weighted by Gasteiger charge is -2.12. The van der Waals surface area contributed by atoms with Crippen LogP contribution in [0.1, 0.15) is 48.5 Å². The molecular formula is C26H21N3O2S. The minimum Gasteiger partial charge on any atom is -0.332 e. The summed E-state index contributed by atoms with van der Waals surface area (Å²) in [5.41, 5.74) is 5.66. The lowest BCUT2D eigenvalue weighted by molar-refractivity contribution is 0.102. The van der Waals surface area contributed by atoms with Crippen LogP contribution in [0.15, 0.2) is 85.3 Å². The molecule has 0 fully saturated rings. The summed E-state index contributed by atoms with van der Waals surface area (Å²) in [6.07, 6.45) is 5.64. The minimum atomic E-state index is -0.229. The van der Waals surface area contributed by atoms with Crippen LogP contribution < -0.4 is 5.32 Å². The average molecular weight is 440 g/mol. The lowest BCUT2D eigenvalue weighted by atomic mass is 10.0. The first-order chi connectivity index (χ1) is 15.6. The number of rotatable bonds is 5. The van der Waals surface area contributed by atoms with Gasteiger partial charge in [-0.1, -0.05) is 48.0 Å². The molecule has 158 valence electrons. The van der Waals surface area contributed by atoms with Gasteiger partial charge in [0.25, 0.3) is 5.91 Å². The van der Waals surface area contributed by atoms with E-state index in [1.165, 1.54) is 0 Å². The number of aromatic nitrogens is 2. The number of anilines is 1. The van der Waals surface area contributed by atoms with Crippen LogP contribution in [0.3, 0.4) is 0 Å². The van der Waals surface area contributed by atoms with Crippen LogP contribution in [0.25, 0.3) is 0 Å². The number of aryl methyl sites for hydroxylation is 1. The van der Waals surface area contributed by atoms with Gasteiger partial charge in [0.05, 0.1) is 11.4 Å². The van der Waals surface area contributed by atoms with Crippen molar-refractivity contribution in [2.45, 2.75) is 18.1 Å². The summed E-state index contributed by atoms with van der Waals surface area (Å²) in [5, 5.41) is 3.18. The third kappa shape index (κ3) is 3.85. The highest BCUT2D eigenvalue weighted by atomic mass is 32.2. The fourth-order valence-corrected chi connectivity index (χ4v) is 5.16. The topological polar surface area (TPSA) is 64.0 Å². The Kier molecular flexibility index (Phi) is 5.37. The Hall–Kier alpha value is -3.64. The SMILES string of the molecule is Cc1ccc(C(=O)c2cccc(C(=O)Nc3ccn4c3CSC4c3cccnc3)c2)cc1. The summed E-state index contributed by atoms with van der Waals surface area (Å²) < 4.78 is 2.18. The summed E-state index contributed by atoms with van der Waals surface area (Å²) in [7, 11) is 0. The molecule has 6 heteroatoms. The smallest absolute Gasteiger partial charge is 0.255 e. The molecule has 2 aromatic carbocycles. The first-order valence-electron chi connectivity index (χ1n) is 10.3. The summed E-state index contributed by atoms with van der Waals surface area (Å²) in [4.78, 5) is 30.0. The summed E-state index contributed by atoms with van der Waals surface area (Å²) >= 11 is 1.80. The maximum atomic E-state index is 13.0. The highest BCUT2D eigenvalue weighted by Crippen LogP contribution is 2.43. The Morgan fingerprint density at radius 1 is 1.00 bits per heavy atom. The molecule has 32 heavy (non-hydrogen) atoms. The van der Waals surface area contributed by atoms with Crippen LogP contribution in [-0.4, -0.2) is 21.2 Å². The second-order valence-electron chi connectivity index (χ2n) is 7.76. The van der Waals surface area contributed by atoms with Gasteiger partial charge in [0, 0.05) is 46.6 Å². The monoisotopic (exact) mass is 439 g/mol. The number of benzene rings is 2. The van der Waals surface area contributed by atoms with Crippen molar-refractivity contribution in [2.24, 2.45) is 0 Å². The number of pyridine rings is 1. The standard InChI is InChI=1S/C26H21N3O2S/c1-17-7-9-18(10-8-17)24(30)19-4-2-5-20(14-19)25(31)28-22-11-13-29-23(22)16-32-26(29)21-6-3-12-27-15-21/h2-15,26H,16H2,1H3,(H,28,31). The molecule has 0 saturated heterocycles. The molecule has 1 aliphatic heterocycles. The van der Waals surface area contributed by atoms with E-state index in [1.54, 1.807) is 42.2 Å². The lowest BCUT2D eigenvalue weighted by Crippen LogP contribution is -2.14. The van der Waals surface area contributed by atoms with Gasteiger partial charge in [-0.15, -0.1) is 11.8 Å². The zero-order valence-corrected chi connectivity index (χ0v) is 18.3. The van der Waals surface area contributed by atoms with Gasteiger partial charge in [0.1, 0.15) is 5.37 Å². The summed E-state index contributed by atoms with van der Waals surface area (Å²) in [6.45, 7) is 1.98. The number of carbonyl (C=O) groups excluding carboxylic acids is 2. The number of ketones is 1. The fourth-order valence-electron chi connectivity index (χ4n) is 3.85. The van der Waals surface area contributed by atoms with Crippen molar-refractivity contribution in [1.82, 2.24) is 9.55 Å². The van der Waals surface area contributed by atoms with Crippen molar-refractivity contribution in [2.75, 3.05) is 5.32 Å². The van der Waals surface area contributed by atoms with Crippen LogP contribution in [0.5, 0.6) is 0 Å². The molecule has 5 nitrogen and oxygen atoms in total. The molecule has 0 aliphatic carbocycles. The number of nitrogens with zero attached hydrogens (tertiary/aromatic N) is 2. The first-order valence-corrected chi connectivity index (χ1v) is 11.4. The molecule has 2 aromatic heterocycles. The van der Waals surface area contributed by atoms with Gasteiger partial charge in [-0.2, -0.15) is 0 Å². The number of carbonyl (C=O) groups is 2. The predicted molar refractivity (Wildman–Crippen MR) is 127 cm³/mol. The van der Waals surface area contributed by atoms with E-state index >= 15 is 0 Å². The van der Waals surface area contributed by atoms with E-state index in [4.69, 9.17) is 0 Å². The third-order valence-electron chi connectivity index (χ3n) is 5.57. The largest absolute Gasteiger partial charge is 0.332 e. The van der Waals surface area contributed by atoms with Crippen LogP contribution in [0, 0.1) is 6.92 Å². The van der Waals surface area contributed by atoms with Crippen LogP contribution in [0.4, 0.5) is 5.69 Å². The van der Waals surface area contributed by atoms with Crippen LogP contribution in [0.2, 0.25) is 0 Å². The predicted octanol–water partition coefficient (Wildman–Crippen LogP) is 5.47. The maximum Gasteiger partial charge on any atom is 0.255 e. The van der Waals surface area contributed by atoms with Crippen molar-refractivity contribution < 1.29 is 9.59 Å². The van der Waals surface area contributed by atoms with Crippen molar-refractivity contribution in [3.05, 3.63) is 119 Å². The molecule has 0 radical (unpaired) electrons. The van der Waals surface area contributed by atoms with Crippen molar-refractivity contribution in [3.8, 4) is 0 Å². The molecule has 1 amide bonds. The summed E-state index contributed by atoms with van der Waals surface area (Å²) in [6, 6.07) is 20.2. The molecule has 3 heterocycles. The molecular weight excluding hydrogens is 418 g/mol. The van der Waals surface area contributed by atoms with Gasteiger partial charge in [0.2, 0.25) is 0 Å². The molecule has 4 aromatic rings. The molecule has 1 atom stereocenters. The quantitative estimate of drug-likeness (QED) is 0.419. The number of amides is 1. The normalized spacial score (nSPS) is 14.7. The molecule has 0 spiro atoms. The Bertz CT molecular complexity index is 1300. The number of hydrogen-bond acceptors (Lipinski definition) is 4. The average Bonchev–Trinajstić information content (AvgIpc) is 3.43. The Balaban J connectivity index is 1.35. The van der Waals surface area contributed by atoms with E-state index in [9.17, 15) is 9.59 Å². The van der Waals surface area contributed by atoms with Crippen LogP contribution in [-0.2, 0) is 5.75 Å². The van der Waals surface area contributed by atoms with Gasteiger partial charge in [0.15, 0.2) is 5.78 Å². The van der Waals surface area contributed by atoms with E-state index in [2.05, 4.69) is 20.9 Å². The number of thioether (sulfide) groups is 1. The van der Waals surface area contributed by atoms with E-state index in [0.29, 0.717) is 16.7 Å². The first kappa shape index (κ1) is 20.3. The second kappa shape index (κ2) is 8.48. The van der Waals surface area contributed by atoms with E-state index in [1.807, 2.05) is 55.7 Å². The zero-order valence-electron chi connectivity index (χ0n) is 17.5. The molecule has 5 rings (SSSR count). The Labute approximate surface area is 190 Å². The van der Waals surface area contributed by atoms with Crippen LogP contribution >= 0.6 is 11.8 Å². The van der Waals surface area contributed by atoms with Crippen molar-refractivity contribution in [3.63, 3.8) is 0 Å². The Morgan fingerprint density at radius 2 is 1.81 bits per heavy atom. The number of nitrogens with one attached hydrogen (secondary N) is 1. The van der Waals surface area contributed by atoms with Gasteiger partial charge in [-0.25, -0.2) is 0 Å². The number of fused-ring (bicyclic) bond motifs is 1.